The molecular weight excluding hydrogens is 256 g/mol. The van der Waals surface area contributed by atoms with Gasteiger partial charge in [-0.2, -0.15) is 0 Å². The van der Waals surface area contributed by atoms with E-state index in [9.17, 15) is 4.79 Å². The Kier molecular flexibility index (Phi) is 5.38. The van der Waals surface area contributed by atoms with Crippen molar-refractivity contribution in [2.75, 3.05) is 38.7 Å². The Morgan fingerprint density at radius 2 is 2.00 bits per heavy atom. The van der Waals surface area contributed by atoms with Crippen molar-refractivity contribution in [1.29, 1.82) is 0 Å². The number of carbonyl (C=O) groups is 1. The summed E-state index contributed by atoms with van der Waals surface area (Å²) >= 11 is 0. The van der Waals surface area contributed by atoms with Crippen molar-refractivity contribution in [2.24, 2.45) is 0 Å². The van der Waals surface area contributed by atoms with Gasteiger partial charge in [0.1, 0.15) is 0 Å². The second-order valence-electron chi connectivity index (χ2n) is 4.91. The molecule has 1 aromatic rings. The average molecular weight is 278 g/mol. The Morgan fingerprint density at radius 3 is 2.55 bits per heavy atom. The normalized spacial score (nSPS) is 16.2. The molecule has 2 N–H and O–H groups in total. The SMILES string of the molecule is CNc1ccc(C(=O)N2CCC(OCCO)CC2)cc1. The van der Waals surface area contributed by atoms with Crippen molar-refractivity contribution < 1.29 is 14.6 Å². The van der Waals surface area contributed by atoms with E-state index in [0.717, 1.165) is 24.1 Å². The van der Waals surface area contributed by atoms with E-state index in [2.05, 4.69) is 5.32 Å². The molecule has 1 aliphatic heterocycles. The number of piperidine rings is 1. The quantitative estimate of drug-likeness (QED) is 0.853. The minimum absolute atomic E-state index is 0.0525. The Labute approximate surface area is 119 Å². The lowest BCUT2D eigenvalue weighted by Crippen LogP contribution is -2.41. The van der Waals surface area contributed by atoms with Crippen molar-refractivity contribution in [1.82, 2.24) is 4.90 Å². The largest absolute Gasteiger partial charge is 0.394 e. The van der Waals surface area contributed by atoms with E-state index in [1.807, 2.05) is 36.2 Å². The maximum absolute atomic E-state index is 12.3. The van der Waals surface area contributed by atoms with Crippen molar-refractivity contribution in [2.45, 2.75) is 18.9 Å². The van der Waals surface area contributed by atoms with Crippen LogP contribution in [0.25, 0.3) is 0 Å². The van der Waals surface area contributed by atoms with Gasteiger partial charge in [0.05, 0.1) is 19.3 Å². The zero-order chi connectivity index (χ0) is 14.4. The Morgan fingerprint density at radius 1 is 1.35 bits per heavy atom. The van der Waals surface area contributed by atoms with E-state index in [1.54, 1.807) is 0 Å². The summed E-state index contributed by atoms with van der Waals surface area (Å²) in [5.74, 6) is 0.0771. The molecule has 1 amide bonds. The van der Waals surface area contributed by atoms with Crippen molar-refractivity contribution in [3.63, 3.8) is 0 Å². The van der Waals surface area contributed by atoms with Gasteiger partial charge in [0.25, 0.3) is 5.91 Å². The van der Waals surface area contributed by atoms with E-state index >= 15 is 0 Å². The molecule has 0 unspecified atom stereocenters. The van der Waals surface area contributed by atoms with Crippen LogP contribution in [-0.2, 0) is 4.74 Å². The van der Waals surface area contributed by atoms with Gasteiger partial charge in [0.15, 0.2) is 0 Å². The molecule has 2 rings (SSSR count). The molecule has 0 saturated carbocycles. The fourth-order valence-electron chi connectivity index (χ4n) is 2.41. The zero-order valence-corrected chi connectivity index (χ0v) is 11.8. The van der Waals surface area contributed by atoms with Crippen LogP contribution in [-0.4, -0.2) is 55.4 Å². The summed E-state index contributed by atoms with van der Waals surface area (Å²) in [6.45, 7) is 1.85. The van der Waals surface area contributed by atoms with Gasteiger partial charge in [-0.1, -0.05) is 0 Å². The minimum atomic E-state index is 0.0525. The highest BCUT2D eigenvalue weighted by atomic mass is 16.5. The van der Waals surface area contributed by atoms with Crippen LogP contribution in [0, 0.1) is 0 Å². The number of hydrogen-bond donors (Lipinski definition) is 2. The van der Waals surface area contributed by atoms with Gasteiger partial charge in [-0.25, -0.2) is 0 Å². The van der Waals surface area contributed by atoms with Crippen LogP contribution < -0.4 is 5.32 Å². The van der Waals surface area contributed by atoms with Crippen LogP contribution in [0.1, 0.15) is 23.2 Å². The molecular formula is C15H22N2O3. The van der Waals surface area contributed by atoms with E-state index < -0.39 is 0 Å². The van der Waals surface area contributed by atoms with E-state index in [-0.39, 0.29) is 18.6 Å². The molecule has 1 saturated heterocycles. The third-order valence-electron chi connectivity index (χ3n) is 3.59. The molecule has 0 aliphatic carbocycles. The Hall–Kier alpha value is -1.59. The first-order chi connectivity index (χ1) is 9.74. The maximum atomic E-state index is 12.3. The lowest BCUT2D eigenvalue weighted by atomic mass is 10.1. The second kappa shape index (κ2) is 7.26. The van der Waals surface area contributed by atoms with Crippen LogP contribution in [0.5, 0.6) is 0 Å². The number of benzene rings is 1. The molecule has 0 atom stereocenters. The van der Waals surface area contributed by atoms with Gasteiger partial charge in [-0.3, -0.25) is 4.79 Å². The highest BCUT2D eigenvalue weighted by Gasteiger charge is 2.23. The number of amides is 1. The number of anilines is 1. The number of carbonyl (C=O) groups excluding carboxylic acids is 1. The Bertz CT molecular complexity index is 425. The number of ether oxygens (including phenoxy) is 1. The molecule has 0 spiro atoms. The molecule has 20 heavy (non-hydrogen) atoms. The summed E-state index contributed by atoms with van der Waals surface area (Å²) < 4.78 is 5.50. The standard InChI is InChI=1S/C15H22N2O3/c1-16-13-4-2-12(3-5-13)15(19)17-8-6-14(7-9-17)20-11-10-18/h2-5,14,16,18H,6-11H2,1H3. The van der Waals surface area contributed by atoms with Crippen LogP contribution in [0.2, 0.25) is 0 Å². The van der Waals surface area contributed by atoms with Crippen molar-refractivity contribution >= 4 is 11.6 Å². The van der Waals surface area contributed by atoms with Crippen LogP contribution in [0.3, 0.4) is 0 Å². The predicted octanol–water partition coefficient (Wildman–Crippen LogP) is 1.34. The average Bonchev–Trinajstić information content (AvgIpc) is 2.53. The van der Waals surface area contributed by atoms with Gasteiger partial charge in [0.2, 0.25) is 0 Å². The summed E-state index contributed by atoms with van der Waals surface area (Å²) in [6, 6.07) is 7.51. The third-order valence-corrected chi connectivity index (χ3v) is 3.59. The first kappa shape index (κ1) is 14.8. The Balaban J connectivity index is 1.87. The summed E-state index contributed by atoms with van der Waals surface area (Å²) in [6.07, 6.45) is 1.83. The second-order valence-corrected chi connectivity index (χ2v) is 4.91. The smallest absolute Gasteiger partial charge is 0.253 e. The topological polar surface area (TPSA) is 61.8 Å². The molecule has 1 aromatic carbocycles. The molecule has 1 aliphatic rings. The maximum Gasteiger partial charge on any atom is 0.253 e. The van der Waals surface area contributed by atoms with Crippen molar-refractivity contribution in [3.8, 4) is 0 Å². The lowest BCUT2D eigenvalue weighted by molar-refractivity contribution is -0.00554. The number of nitrogens with one attached hydrogen (secondary N) is 1. The van der Waals surface area contributed by atoms with E-state index in [1.165, 1.54) is 0 Å². The lowest BCUT2D eigenvalue weighted by Gasteiger charge is -2.32. The fraction of sp³-hybridized carbons (Fsp3) is 0.533. The zero-order valence-electron chi connectivity index (χ0n) is 11.8. The van der Waals surface area contributed by atoms with Gasteiger partial charge in [0, 0.05) is 31.4 Å². The molecule has 1 fully saturated rings. The minimum Gasteiger partial charge on any atom is -0.394 e. The molecule has 0 aromatic heterocycles. The van der Waals surface area contributed by atoms with Crippen molar-refractivity contribution in [3.05, 3.63) is 29.8 Å². The monoisotopic (exact) mass is 278 g/mol. The summed E-state index contributed by atoms with van der Waals surface area (Å²) in [5, 5.41) is 11.8. The molecule has 5 heteroatoms. The van der Waals surface area contributed by atoms with Gasteiger partial charge in [-0.05, 0) is 37.1 Å². The van der Waals surface area contributed by atoms with Gasteiger partial charge >= 0.3 is 0 Å². The highest BCUT2D eigenvalue weighted by molar-refractivity contribution is 5.94. The number of hydrogen-bond acceptors (Lipinski definition) is 4. The third kappa shape index (κ3) is 3.71. The number of rotatable bonds is 5. The summed E-state index contributed by atoms with van der Waals surface area (Å²) in [4.78, 5) is 14.2. The number of aliphatic hydroxyl groups excluding tert-OH is 1. The van der Waals surface area contributed by atoms with Crippen LogP contribution >= 0.6 is 0 Å². The molecule has 1 heterocycles. The first-order valence-electron chi connectivity index (χ1n) is 7.04. The molecule has 0 bridgehead atoms. The van der Waals surface area contributed by atoms with Crippen LogP contribution in [0.15, 0.2) is 24.3 Å². The molecule has 5 nitrogen and oxygen atoms in total. The first-order valence-corrected chi connectivity index (χ1v) is 7.04. The molecule has 0 radical (unpaired) electrons. The summed E-state index contributed by atoms with van der Waals surface area (Å²) in [7, 11) is 1.86. The van der Waals surface area contributed by atoms with Gasteiger partial charge in [-0.15, -0.1) is 0 Å². The number of likely N-dealkylation sites (tertiary alicyclic amines) is 1. The van der Waals surface area contributed by atoms with E-state index in [4.69, 9.17) is 9.84 Å². The van der Waals surface area contributed by atoms with Gasteiger partial charge < -0.3 is 20.1 Å². The number of aliphatic hydroxyl groups is 1. The molecule has 110 valence electrons. The predicted molar refractivity (Wildman–Crippen MR) is 78.0 cm³/mol. The fourth-order valence-corrected chi connectivity index (χ4v) is 2.41. The highest BCUT2D eigenvalue weighted by Crippen LogP contribution is 2.17. The van der Waals surface area contributed by atoms with E-state index in [0.29, 0.717) is 19.7 Å². The summed E-state index contributed by atoms with van der Waals surface area (Å²) in [5.41, 5.74) is 1.72. The number of nitrogens with zero attached hydrogens (tertiary/aromatic N) is 1. The van der Waals surface area contributed by atoms with Crippen LogP contribution in [0.4, 0.5) is 5.69 Å².